The van der Waals surface area contributed by atoms with E-state index >= 15 is 0 Å². The molecule has 158 valence electrons. The molecular formula is C27H38O2. The molecule has 0 atom stereocenters. The van der Waals surface area contributed by atoms with Gasteiger partial charge in [-0.2, -0.15) is 0 Å². The van der Waals surface area contributed by atoms with E-state index < -0.39 is 0 Å². The van der Waals surface area contributed by atoms with Crippen LogP contribution in [0.3, 0.4) is 0 Å². The summed E-state index contributed by atoms with van der Waals surface area (Å²) in [5, 5.41) is 0. The van der Waals surface area contributed by atoms with Crippen molar-refractivity contribution in [3.63, 3.8) is 0 Å². The molecule has 0 radical (unpaired) electrons. The van der Waals surface area contributed by atoms with E-state index in [1.165, 1.54) is 57.8 Å². The van der Waals surface area contributed by atoms with Crippen molar-refractivity contribution in [2.24, 2.45) is 23.7 Å². The third kappa shape index (κ3) is 7.46. The van der Waals surface area contributed by atoms with Gasteiger partial charge in [-0.15, -0.1) is 0 Å². The number of allylic oxidation sites excluding steroid dienone is 2. The zero-order valence-electron chi connectivity index (χ0n) is 18.4. The van der Waals surface area contributed by atoms with Crippen LogP contribution in [0.1, 0.15) is 71.6 Å². The molecule has 0 unspecified atom stereocenters. The highest BCUT2D eigenvalue weighted by Gasteiger charge is 2.20. The molecule has 2 nitrogen and oxygen atoms in total. The molecule has 1 aromatic rings. The van der Waals surface area contributed by atoms with Crippen LogP contribution < -0.4 is 9.47 Å². The first kappa shape index (κ1) is 21.8. The molecule has 2 aliphatic carbocycles. The minimum Gasteiger partial charge on any atom is -0.494 e. The Hall–Kier alpha value is -1.88. The van der Waals surface area contributed by atoms with Gasteiger partial charge in [-0.3, -0.25) is 0 Å². The van der Waals surface area contributed by atoms with Crippen LogP contribution in [0.5, 0.6) is 11.5 Å². The highest BCUT2D eigenvalue weighted by molar-refractivity contribution is 5.31. The van der Waals surface area contributed by atoms with Crippen LogP contribution in [0.2, 0.25) is 0 Å². The van der Waals surface area contributed by atoms with Gasteiger partial charge in [0.25, 0.3) is 0 Å². The summed E-state index contributed by atoms with van der Waals surface area (Å²) in [7, 11) is 0. The first-order valence-corrected chi connectivity index (χ1v) is 11.8. The zero-order chi connectivity index (χ0) is 20.3. The van der Waals surface area contributed by atoms with Crippen LogP contribution in [-0.4, -0.2) is 13.2 Å². The first-order valence-electron chi connectivity index (χ1n) is 11.8. The minimum absolute atomic E-state index is 0.567. The average Bonchev–Trinajstić information content (AvgIpc) is 2.78. The lowest BCUT2D eigenvalue weighted by atomic mass is 9.81. The Bertz CT molecular complexity index is 663. The Morgan fingerprint density at radius 2 is 1.45 bits per heavy atom. The monoisotopic (exact) mass is 394 g/mol. The van der Waals surface area contributed by atoms with E-state index in [1.54, 1.807) is 0 Å². The van der Waals surface area contributed by atoms with Gasteiger partial charge in [-0.1, -0.05) is 31.3 Å². The fourth-order valence-corrected chi connectivity index (χ4v) is 4.63. The normalized spacial score (nSPS) is 27.2. The number of ether oxygens (including phenoxy) is 2. The number of hydrogen-bond donors (Lipinski definition) is 0. The van der Waals surface area contributed by atoms with E-state index in [1.807, 2.05) is 31.2 Å². The molecule has 2 aliphatic rings. The van der Waals surface area contributed by atoms with E-state index in [0.29, 0.717) is 18.4 Å². The lowest BCUT2D eigenvalue weighted by Crippen LogP contribution is -2.19. The Morgan fingerprint density at radius 1 is 0.828 bits per heavy atom. The second kappa shape index (κ2) is 12.0. The topological polar surface area (TPSA) is 18.5 Å². The molecule has 0 amide bonds. The SMILES string of the molecule is CCOc1ccc(OCC2CCC(C#C/C=C/C3CCC(CC)CC3)CC2)cc1. The molecular weight excluding hydrogens is 356 g/mol. The van der Waals surface area contributed by atoms with Crippen LogP contribution in [0.25, 0.3) is 0 Å². The summed E-state index contributed by atoms with van der Waals surface area (Å²) >= 11 is 0. The van der Waals surface area contributed by atoms with Crippen molar-refractivity contribution >= 4 is 0 Å². The summed E-state index contributed by atoms with van der Waals surface area (Å²) < 4.78 is 11.5. The summed E-state index contributed by atoms with van der Waals surface area (Å²) in [6.45, 7) is 5.84. The quantitative estimate of drug-likeness (QED) is 0.461. The third-order valence-electron chi connectivity index (χ3n) is 6.68. The predicted molar refractivity (Wildman–Crippen MR) is 121 cm³/mol. The first-order chi connectivity index (χ1) is 14.3. The second-order valence-electron chi connectivity index (χ2n) is 8.77. The Labute approximate surface area is 178 Å². The van der Waals surface area contributed by atoms with Gasteiger partial charge in [0.2, 0.25) is 0 Å². The van der Waals surface area contributed by atoms with Crippen LogP contribution in [-0.2, 0) is 0 Å². The molecule has 0 saturated heterocycles. The summed E-state index contributed by atoms with van der Waals surface area (Å²) in [6.07, 6.45) is 16.2. The molecule has 0 heterocycles. The maximum Gasteiger partial charge on any atom is 0.119 e. The Kier molecular flexibility index (Phi) is 9.00. The average molecular weight is 395 g/mol. The standard InChI is InChI=1S/C27H38O2/c1-3-22-9-11-23(12-10-22)7-5-6-8-24-13-15-25(16-14-24)21-29-27-19-17-26(18-20-27)28-4-2/h5,7,17-20,22-25H,3-4,9-16,21H2,1-2H3/b7-5+. The molecule has 2 heteroatoms. The van der Waals surface area contributed by atoms with E-state index in [2.05, 4.69) is 30.9 Å². The van der Waals surface area contributed by atoms with Gasteiger partial charge in [0.05, 0.1) is 13.2 Å². The van der Waals surface area contributed by atoms with Crippen LogP contribution in [0.15, 0.2) is 36.4 Å². The minimum atomic E-state index is 0.567. The van der Waals surface area contributed by atoms with Gasteiger partial charge in [-0.05, 0) is 106 Å². The van der Waals surface area contributed by atoms with Crippen molar-refractivity contribution in [3.05, 3.63) is 36.4 Å². The van der Waals surface area contributed by atoms with Gasteiger partial charge in [-0.25, -0.2) is 0 Å². The maximum atomic E-state index is 5.99. The van der Waals surface area contributed by atoms with Gasteiger partial charge < -0.3 is 9.47 Å². The number of hydrogen-bond acceptors (Lipinski definition) is 2. The smallest absolute Gasteiger partial charge is 0.119 e. The molecule has 0 aromatic heterocycles. The zero-order valence-corrected chi connectivity index (χ0v) is 18.4. The molecule has 1 aromatic carbocycles. The van der Waals surface area contributed by atoms with Crippen molar-refractivity contribution in [1.29, 1.82) is 0 Å². The fourth-order valence-electron chi connectivity index (χ4n) is 4.63. The molecule has 3 rings (SSSR count). The fraction of sp³-hybridized carbons (Fsp3) is 0.630. The summed E-state index contributed by atoms with van der Waals surface area (Å²) in [4.78, 5) is 0. The number of benzene rings is 1. The van der Waals surface area contributed by atoms with Crippen molar-refractivity contribution in [2.45, 2.75) is 71.6 Å². The van der Waals surface area contributed by atoms with E-state index in [0.717, 1.165) is 29.9 Å². The summed E-state index contributed by atoms with van der Waals surface area (Å²) in [5.41, 5.74) is 0. The largest absolute Gasteiger partial charge is 0.494 e. The van der Waals surface area contributed by atoms with E-state index in [-0.39, 0.29) is 0 Å². The lowest BCUT2D eigenvalue weighted by Gasteiger charge is -2.25. The Morgan fingerprint density at radius 3 is 2.07 bits per heavy atom. The van der Waals surface area contributed by atoms with Gasteiger partial charge in [0, 0.05) is 5.92 Å². The molecule has 29 heavy (non-hydrogen) atoms. The highest BCUT2D eigenvalue weighted by Crippen LogP contribution is 2.31. The second-order valence-corrected chi connectivity index (χ2v) is 8.77. The molecule has 0 aliphatic heterocycles. The van der Waals surface area contributed by atoms with Gasteiger partial charge >= 0.3 is 0 Å². The molecule has 2 fully saturated rings. The maximum absolute atomic E-state index is 5.99. The Balaban J connectivity index is 1.32. The lowest BCUT2D eigenvalue weighted by molar-refractivity contribution is 0.196. The van der Waals surface area contributed by atoms with Crippen LogP contribution in [0, 0.1) is 35.5 Å². The van der Waals surface area contributed by atoms with Crippen molar-refractivity contribution in [1.82, 2.24) is 0 Å². The van der Waals surface area contributed by atoms with Crippen LogP contribution >= 0.6 is 0 Å². The molecule has 0 N–H and O–H groups in total. The summed E-state index contributed by atoms with van der Waals surface area (Å²) in [6, 6.07) is 7.97. The van der Waals surface area contributed by atoms with E-state index in [4.69, 9.17) is 9.47 Å². The summed E-state index contributed by atoms with van der Waals surface area (Å²) in [5.74, 6) is 11.6. The van der Waals surface area contributed by atoms with Crippen molar-refractivity contribution < 1.29 is 9.47 Å². The molecule has 2 saturated carbocycles. The predicted octanol–water partition coefficient (Wildman–Crippen LogP) is 7.05. The number of rotatable bonds is 7. The van der Waals surface area contributed by atoms with Crippen molar-refractivity contribution in [3.8, 4) is 23.3 Å². The van der Waals surface area contributed by atoms with Crippen molar-refractivity contribution in [2.75, 3.05) is 13.2 Å². The molecule has 0 spiro atoms. The van der Waals surface area contributed by atoms with Crippen LogP contribution in [0.4, 0.5) is 0 Å². The molecule has 0 bridgehead atoms. The van der Waals surface area contributed by atoms with Gasteiger partial charge in [0.1, 0.15) is 11.5 Å². The third-order valence-corrected chi connectivity index (χ3v) is 6.68. The highest BCUT2D eigenvalue weighted by atomic mass is 16.5. The van der Waals surface area contributed by atoms with E-state index in [9.17, 15) is 0 Å². The van der Waals surface area contributed by atoms with Gasteiger partial charge in [0.15, 0.2) is 0 Å².